The summed E-state index contributed by atoms with van der Waals surface area (Å²) in [4.78, 5) is 0. The van der Waals surface area contributed by atoms with Crippen molar-refractivity contribution in [1.29, 1.82) is 0 Å². The van der Waals surface area contributed by atoms with E-state index in [0.29, 0.717) is 5.11 Å². The number of allylic oxidation sites excluding steroid dienone is 1. The Hall–Kier alpha value is -2.86. The lowest BCUT2D eigenvalue weighted by molar-refractivity contribution is 0.414. The summed E-state index contributed by atoms with van der Waals surface area (Å²) in [7, 11) is 3.27. The normalized spacial score (nSPS) is 10.8. The largest absolute Gasteiger partial charge is 0.497 e. The van der Waals surface area contributed by atoms with Crippen molar-refractivity contribution in [3.8, 4) is 11.5 Å². The van der Waals surface area contributed by atoms with E-state index in [9.17, 15) is 0 Å². The van der Waals surface area contributed by atoms with Crippen LogP contribution in [0.1, 0.15) is 5.56 Å². The number of nitrogens with one attached hydrogen (secondary N) is 2. The first kappa shape index (κ1) is 17.5. The lowest BCUT2D eigenvalue weighted by Crippen LogP contribution is -2.23. The van der Waals surface area contributed by atoms with E-state index in [1.807, 2.05) is 54.6 Å². The smallest absolute Gasteiger partial charge is 0.191 e. The minimum absolute atomic E-state index is 0.405. The van der Waals surface area contributed by atoms with Crippen molar-refractivity contribution in [2.45, 2.75) is 0 Å². The second-order valence-corrected chi connectivity index (χ2v) is 5.08. The Morgan fingerprint density at radius 1 is 1.04 bits per heavy atom. The van der Waals surface area contributed by atoms with E-state index in [-0.39, 0.29) is 0 Å². The summed E-state index contributed by atoms with van der Waals surface area (Å²) >= 11 is 5.17. The molecule has 0 heterocycles. The zero-order chi connectivity index (χ0) is 17.2. The number of hydrogen-bond acceptors (Lipinski definition) is 4. The molecule has 0 amide bonds. The molecule has 0 fully saturated rings. The molecule has 0 bridgehead atoms. The third-order valence-corrected chi connectivity index (χ3v) is 3.28. The first-order valence-corrected chi connectivity index (χ1v) is 7.67. The number of benzene rings is 2. The summed E-state index contributed by atoms with van der Waals surface area (Å²) in [6.45, 7) is 0. The van der Waals surface area contributed by atoms with Gasteiger partial charge in [0.25, 0.3) is 0 Å². The van der Waals surface area contributed by atoms with E-state index in [4.69, 9.17) is 21.7 Å². The molecule has 0 saturated heterocycles. The molecule has 6 heteroatoms. The lowest BCUT2D eigenvalue weighted by Gasteiger charge is -2.07. The van der Waals surface area contributed by atoms with Crippen molar-refractivity contribution < 1.29 is 9.47 Å². The number of methoxy groups -OCH3 is 2. The van der Waals surface area contributed by atoms with Gasteiger partial charge in [-0.05, 0) is 54.7 Å². The number of rotatable bonds is 6. The Labute approximate surface area is 147 Å². The Kier molecular flexibility index (Phi) is 6.79. The number of hydrogen-bond donors (Lipinski definition) is 2. The Balaban J connectivity index is 1.82. The number of para-hydroxylation sites is 1. The average Bonchev–Trinajstić information content (AvgIpc) is 2.62. The van der Waals surface area contributed by atoms with Crippen LogP contribution >= 0.6 is 12.2 Å². The fourth-order valence-electron chi connectivity index (χ4n) is 1.92. The van der Waals surface area contributed by atoms with E-state index >= 15 is 0 Å². The molecule has 0 spiro atoms. The average molecular weight is 341 g/mol. The molecular weight excluding hydrogens is 322 g/mol. The maximum absolute atomic E-state index is 5.27. The Morgan fingerprint density at radius 3 is 2.50 bits per heavy atom. The summed E-state index contributed by atoms with van der Waals surface area (Å²) < 4.78 is 10.4. The summed E-state index contributed by atoms with van der Waals surface area (Å²) in [5.74, 6) is 1.60. The van der Waals surface area contributed by atoms with Crippen LogP contribution < -0.4 is 20.2 Å². The van der Waals surface area contributed by atoms with Crippen LogP contribution in [-0.4, -0.2) is 25.5 Å². The molecular formula is C18H19N3O2S. The fourth-order valence-corrected chi connectivity index (χ4v) is 2.09. The third kappa shape index (κ3) is 5.40. The summed E-state index contributed by atoms with van der Waals surface area (Å²) in [6, 6.07) is 15.2. The van der Waals surface area contributed by atoms with Crippen molar-refractivity contribution >= 4 is 35.3 Å². The van der Waals surface area contributed by atoms with Crippen LogP contribution in [-0.2, 0) is 0 Å². The van der Waals surface area contributed by atoms with Crippen LogP contribution in [0.4, 0.5) is 5.69 Å². The quantitative estimate of drug-likeness (QED) is 0.477. The maximum atomic E-state index is 5.27. The molecule has 0 saturated carbocycles. The second-order valence-electron chi connectivity index (χ2n) is 4.67. The first-order chi connectivity index (χ1) is 11.7. The van der Waals surface area contributed by atoms with Gasteiger partial charge in [-0.1, -0.05) is 18.2 Å². The van der Waals surface area contributed by atoms with Crippen LogP contribution in [0.25, 0.3) is 6.08 Å². The molecule has 0 unspecified atom stereocenters. The molecule has 2 rings (SSSR count). The van der Waals surface area contributed by atoms with Crippen molar-refractivity contribution in [3.05, 3.63) is 60.2 Å². The van der Waals surface area contributed by atoms with E-state index < -0.39 is 0 Å². The Morgan fingerprint density at radius 2 is 1.79 bits per heavy atom. The van der Waals surface area contributed by atoms with Gasteiger partial charge in [-0.25, -0.2) is 0 Å². The number of anilines is 1. The van der Waals surface area contributed by atoms with Gasteiger partial charge in [-0.3, -0.25) is 5.43 Å². The molecule has 0 aliphatic rings. The fraction of sp³-hybridized carbons (Fsp3) is 0.111. The standard InChI is InChI=1S/C18H19N3O2S/c1-22-16-11-9-15(10-12-16)20-18(24)21-19-13-5-7-14-6-3-4-8-17(14)23-2/h3-13H,1-2H3,(H2,20,21,24)/b7-5+,19-13-. The van der Waals surface area contributed by atoms with Gasteiger partial charge in [0.2, 0.25) is 0 Å². The molecule has 0 aliphatic heterocycles. The van der Waals surface area contributed by atoms with E-state index in [0.717, 1.165) is 22.7 Å². The van der Waals surface area contributed by atoms with E-state index in [1.54, 1.807) is 26.5 Å². The van der Waals surface area contributed by atoms with Crippen LogP contribution in [0, 0.1) is 0 Å². The molecule has 0 aliphatic carbocycles. The zero-order valence-corrected chi connectivity index (χ0v) is 14.3. The van der Waals surface area contributed by atoms with Gasteiger partial charge in [-0.2, -0.15) is 5.10 Å². The number of nitrogens with zero attached hydrogens (tertiary/aromatic N) is 1. The molecule has 0 aromatic heterocycles. The second kappa shape index (κ2) is 9.32. The first-order valence-electron chi connectivity index (χ1n) is 7.26. The molecule has 2 aromatic rings. The molecule has 5 nitrogen and oxygen atoms in total. The molecule has 24 heavy (non-hydrogen) atoms. The minimum atomic E-state index is 0.405. The summed E-state index contributed by atoms with van der Waals surface area (Å²) in [5, 5.41) is 7.47. The van der Waals surface area contributed by atoms with Gasteiger partial charge in [-0.15, -0.1) is 0 Å². The van der Waals surface area contributed by atoms with Crippen LogP contribution in [0.15, 0.2) is 59.7 Å². The summed E-state index contributed by atoms with van der Waals surface area (Å²) in [6.07, 6.45) is 5.33. The van der Waals surface area contributed by atoms with Gasteiger partial charge in [0, 0.05) is 17.5 Å². The topological polar surface area (TPSA) is 54.9 Å². The minimum Gasteiger partial charge on any atom is -0.497 e. The predicted octanol–water partition coefficient (Wildman–Crippen LogP) is 3.69. The molecule has 0 radical (unpaired) electrons. The molecule has 0 atom stereocenters. The van der Waals surface area contributed by atoms with Crippen LogP contribution in [0.3, 0.4) is 0 Å². The van der Waals surface area contributed by atoms with Gasteiger partial charge < -0.3 is 14.8 Å². The van der Waals surface area contributed by atoms with Crippen molar-refractivity contribution in [2.24, 2.45) is 5.10 Å². The highest BCUT2D eigenvalue weighted by Crippen LogP contribution is 2.18. The highest BCUT2D eigenvalue weighted by molar-refractivity contribution is 7.80. The van der Waals surface area contributed by atoms with E-state index in [1.165, 1.54) is 0 Å². The highest BCUT2D eigenvalue weighted by atomic mass is 32.1. The monoisotopic (exact) mass is 341 g/mol. The zero-order valence-electron chi connectivity index (χ0n) is 13.5. The van der Waals surface area contributed by atoms with Gasteiger partial charge in [0.05, 0.1) is 14.2 Å². The number of ether oxygens (including phenoxy) is 2. The van der Waals surface area contributed by atoms with Crippen molar-refractivity contribution in [3.63, 3.8) is 0 Å². The molecule has 2 aromatic carbocycles. The van der Waals surface area contributed by atoms with Crippen LogP contribution in [0.5, 0.6) is 11.5 Å². The van der Waals surface area contributed by atoms with Crippen LogP contribution in [0.2, 0.25) is 0 Å². The molecule has 124 valence electrons. The SMILES string of the molecule is COc1ccc(NC(=S)N/N=C\C=C\c2ccccc2OC)cc1. The van der Waals surface area contributed by atoms with Gasteiger partial charge in [0.15, 0.2) is 5.11 Å². The number of hydrazone groups is 1. The maximum Gasteiger partial charge on any atom is 0.191 e. The number of thiocarbonyl (C=S) groups is 1. The summed E-state index contributed by atoms with van der Waals surface area (Å²) in [5.41, 5.74) is 4.58. The van der Waals surface area contributed by atoms with E-state index in [2.05, 4.69) is 15.8 Å². The Bertz CT molecular complexity index is 727. The highest BCUT2D eigenvalue weighted by Gasteiger charge is 1.97. The van der Waals surface area contributed by atoms with Gasteiger partial charge in [0.1, 0.15) is 11.5 Å². The van der Waals surface area contributed by atoms with Gasteiger partial charge >= 0.3 is 0 Å². The van der Waals surface area contributed by atoms with Crippen molar-refractivity contribution in [1.82, 2.24) is 5.43 Å². The lowest BCUT2D eigenvalue weighted by atomic mass is 10.2. The predicted molar refractivity (Wildman–Crippen MR) is 103 cm³/mol. The van der Waals surface area contributed by atoms with Crippen molar-refractivity contribution in [2.75, 3.05) is 19.5 Å². The molecule has 2 N–H and O–H groups in total. The third-order valence-electron chi connectivity index (χ3n) is 3.09.